The van der Waals surface area contributed by atoms with Crippen molar-refractivity contribution in [1.29, 1.82) is 0 Å². The summed E-state index contributed by atoms with van der Waals surface area (Å²) in [5.74, 6) is -1.28. The normalized spacial score (nSPS) is 11.3. The Morgan fingerprint density at radius 2 is 1.93 bits per heavy atom. The van der Waals surface area contributed by atoms with Gasteiger partial charge in [0, 0.05) is 14.0 Å². The van der Waals surface area contributed by atoms with Crippen molar-refractivity contribution in [2.45, 2.75) is 33.8 Å². The van der Waals surface area contributed by atoms with E-state index in [1.165, 1.54) is 29.7 Å². The van der Waals surface area contributed by atoms with Crippen molar-refractivity contribution in [3.05, 3.63) is 46.9 Å². The molecule has 2 aromatic rings. The van der Waals surface area contributed by atoms with Crippen LogP contribution in [0.2, 0.25) is 0 Å². The van der Waals surface area contributed by atoms with Crippen molar-refractivity contribution in [2.24, 2.45) is 7.05 Å². The lowest BCUT2D eigenvalue weighted by atomic mass is 10.2. The van der Waals surface area contributed by atoms with Crippen molar-refractivity contribution in [3.8, 4) is 0 Å². The van der Waals surface area contributed by atoms with E-state index < -0.39 is 24.4 Å². The predicted octanol–water partition coefficient (Wildman–Crippen LogP) is 2.46. The molecule has 160 valence electrons. The third kappa shape index (κ3) is 6.38. The zero-order chi connectivity index (χ0) is 22.1. The van der Waals surface area contributed by atoms with Crippen LogP contribution < -0.4 is 10.8 Å². The molecule has 1 unspecified atom stereocenters. The lowest BCUT2D eigenvalue weighted by molar-refractivity contribution is -0.0295. The number of Topliss-reactive ketones (excluding diaryl/α,β-unsaturated/α-hetero) is 1. The summed E-state index contributed by atoms with van der Waals surface area (Å²) in [6.07, 6.45) is -1.15. The lowest BCUT2D eigenvalue weighted by Crippen LogP contribution is -2.30. The van der Waals surface area contributed by atoms with Crippen LogP contribution in [-0.2, 0) is 11.9 Å². The maximum Gasteiger partial charge on any atom is 0.278 e. The van der Waals surface area contributed by atoms with Crippen LogP contribution in [0.4, 0.5) is 15.9 Å². The first-order chi connectivity index (χ1) is 13.7. The van der Waals surface area contributed by atoms with Gasteiger partial charge in [0.2, 0.25) is 0 Å². The number of amides is 1. The third-order valence-electron chi connectivity index (χ3n) is 3.87. The van der Waals surface area contributed by atoms with Gasteiger partial charge in [-0.15, -0.1) is 0 Å². The van der Waals surface area contributed by atoms with Gasteiger partial charge in [-0.3, -0.25) is 14.4 Å². The Labute approximate surface area is 169 Å². The number of rotatable bonds is 8. The van der Waals surface area contributed by atoms with E-state index in [1.54, 1.807) is 20.0 Å². The second-order valence-electron chi connectivity index (χ2n) is 6.09. The Morgan fingerprint density at radius 1 is 1.28 bits per heavy atom. The second kappa shape index (κ2) is 11.3. The molecular formula is C20H28FN3O5. The van der Waals surface area contributed by atoms with Crippen LogP contribution in [0.5, 0.6) is 0 Å². The Bertz CT molecular complexity index is 851. The molecule has 1 atom stereocenters. The molecule has 9 heteroatoms. The van der Waals surface area contributed by atoms with Gasteiger partial charge in [0.05, 0.1) is 23.6 Å². The molecule has 2 rings (SSSR count). The number of ketones is 1. The molecule has 0 spiro atoms. The fraction of sp³-hybridized carbons (Fsp3) is 0.400. The first kappa shape index (κ1) is 24.3. The molecule has 1 heterocycles. The average molecular weight is 409 g/mol. The van der Waals surface area contributed by atoms with Gasteiger partial charge in [-0.25, -0.2) is 9.87 Å². The van der Waals surface area contributed by atoms with Crippen LogP contribution >= 0.6 is 0 Å². The van der Waals surface area contributed by atoms with E-state index in [2.05, 4.69) is 10.8 Å². The molecule has 0 bridgehead atoms. The maximum absolute atomic E-state index is 14.2. The van der Waals surface area contributed by atoms with Gasteiger partial charge in [-0.05, 0) is 30.7 Å². The molecule has 1 aromatic carbocycles. The molecule has 0 radical (unpaired) electrons. The molecule has 1 amide bonds. The monoisotopic (exact) mass is 409 g/mol. The fourth-order valence-corrected chi connectivity index (χ4v) is 2.43. The largest absolute Gasteiger partial charge is 0.394 e. The van der Waals surface area contributed by atoms with Gasteiger partial charge >= 0.3 is 0 Å². The Hall–Kier alpha value is -2.75. The quantitative estimate of drug-likeness (QED) is 0.394. The average Bonchev–Trinajstić information content (AvgIpc) is 3.02. The van der Waals surface area contributed by atoms with Gasteiger partial charge in [-0.1, -0.05) is 19.9 Å². The Kier molecular flexibility index (Phi) is 9.46. The van der Waals surface area contributed by atoms with Crippen molar-refractivity contribution in [1.82, 2.24) is 10.0 Å². The number of aliphatic hydroxyl groups excluding tert-OH is 2. The minimum absolute atomic E-state index is 0.0566. The summed E-state index contributed by atoms with van der Waals surface area (Å²) in [5, 5.41) is 20.8. The molecule has 0 aliphatic carbocycles. The number of hydrogen-bond acceptors (Lipinski definition) is 6. The molecule has 1 aromatic heterocycles. The number of halogens is 1. The summed E-state index contributed by atoms with van der Waals surface area (Å²) < 4.78 is 15.6. The summed E-state index contributed by atoms with van der Waals surface area (Å²) in [7, 11) is 1.57. The van der Waals surface area contributed by atoms with Crippen molar-refractivity contribution in [3.63, 3.8) is 0 Å². The summed E-state index contributed by atoms with van der Waals surface area (Å²) in [6, 6.07) is 5.94. The van der Waals surface area contributed by atoms with Crippen LogP contribution in [0.1, 0.15) is 47.2 Å². The van der Waals surface area contributed by atoms with Gasteiger partial charge < -0.3 is 20.1 Å². The number of carbonyl (C=O) groups is 2. The zero-order valence-corrected chi connectivity index (χ0v) is 17.2. The van der Waals surface area contributed by atoms with Crippen LogP contribution in [0.3, 0.4) is 0 Å². The highest BCUT2D eigenvalue weighted by Crippen LogP contribution is 2.27. The molecule has 8 nitrogen and oxygen atoms in total. The van der Waals surface area contributed by atoms with Crippen molar-refractivity contribution < 1.29 is 29.0 Å². The summed E-state index contributed by atoms with van der Waals surface area (Å²) in [4.78, 5) is 29.1. The third-order valence-corrected chi connectivity index (χ3v) is 3.87. The second-order valence-corrected chi connectivity index (χ2v) is 6.09. The first-order valence-corrected chi connectivity index (χ1v) is 9.19. The summed E-state index contributed by atoms with van der Waals surface area (Å²) >= 11 is 0. The number of benzene rings is 1. The fourth-order valence-electron chi connectivity index (χ4n) is 2.43. The smallest absolute Gasteiger partial charge is 0.278 e. The highest BCUT2D eigenvalue weighted by atomic mass is 19.1. The number of aliphatic hydroxyl groups is 2. The number of aryl methyl sites for hydroxylation is 1. The van der Waals surface area contributed by atoms with E-state index in [1.807, 2.05) is 13.8 Å². The van der Waals surface area contributed by atoms with Crippen LogP contribution in [-0.4, -0.2) is 45.8 Å². The molecule has 4 N–H and O–H groups in total. The van der Waals surface area contributed by atoms with Crippen LogP contribution in [0.15, 0.2) is 24.3 Å². The molecule has 0 aliphatic heterocycles. The van der Waals surface area contributed by atoms with Gasteiger partial charge in [0.25, 0.3) is 5.91 Å². The number of nitrogens with zero attached hydrogens (tertiary/aromatic N) is 1. The van der Waals surface area contributed by atoms with Gasteiger partial charge in [0.1, 0.15) is 24.3 Å². The Morgan fingerprint density at radius 3 is 2.48 bits per heavy atom. The molecule has 0 fully saturated rings. The number of nitrogens with one attached hydrogen (secondary N) is 2. The first-order valence-electron chi connectivity index (χ1n) is 9.19. The van der Waals surface area contributed by atoms with Gasteiger partial charge in [-0.2, -0.15) is 0 Å². The number of carbonyl (C=O) groups excluding carboxylic acids is 2. The molecule has 29 heavy (non-hydrogen) atoms. The van der Waals surface area contributed by atoms with Crippen molar-refractivity contribution in [2.75, 3.05) is 18.5 Å². The predicted molar refractivity (Wildman–Crippen MR) is 108 cm³/mol. The topological polar surface area (TPSA) is 113 Å². The van der Waals surface area contributed by atoms with Gasteiger partial charge in [0.15, 0.2) is 5.78 Å². The van der Waals surface area contributed by atoms with E-state index >= 15 is 0 Å². The van der Waals surface area contributed by atoms with E-state index in [9.17, 15) is 19.1 Å². The SMILES string of the molecule is CC.CC(=O)c1cc(C(=O)NOCC(O)CO)c(Nc2ccc(C)cc2F)n1C. The molecule has 0 saturated heterocycles. The highest BCUT2D eigenvalue weighted by Gasteiger charge is 2.22. The molecular weight excluding hydrogens is 381 g/mol. The number of hydroxylamine groups is 1. The number of anilines is 2. The summed E-state index contributed by atoms with van der Waals surface area (Å²) in [6.45, 7) is 6.26. The molecule has 0 aliphatic rings. The highest BCUT2D eigenvalue weighted by molar-refractivity contribution is 6.03. The minimum Gasteiger partial charge on any atom is -0.394 e. The van der Waals surface area contributed by atoms with Crippen molar-refractivity contribution >= 4 is 23.2 Å². The number of hydrogen-bond donors (Lipinski definition) is 4. The Balaban J connectivity index is 0.00000204. The van der Waals surface area contributed by atoms with E-state index in [0.29, 0.717) is 0 Å². The standard InChI is InChI=1S/C18H22FN3O5.C2H6/c1-10-4-5-15(14(19)6-10)20-17-13(7-16(11(2)24)22(17)3)18(26)21-27-9-12(25)8-23;1-2/h4-7,12,20,23,25H,8-9H2,1-3H3,(H,21,26);1-2H3. The molecule has 0 saturated carbocycles. The van der Waals surface area contributed by atoms with Crippen LogP contribution in [0.25, 0.3) is 0 Å². The zero-order valence-electron chi connectivity index (χ0n) is 17.2. The van der Waals surface area contributed by atoms with E-state index in [-0.39, 0.29) is 35.2 Å². The maximum atomic E-state index is 14.2. The number of aromatic nitrogens is 1. The van der Waals surface area contributed by atoms with E-state index in [0.717, 1.165) is 5.56 Å². The lowest BCUT2D eigenvalue weighted by Gasteiger charge is -2.13. The minimum atomic E-state index is -1.15. The van der Waals surface area contributed by atoms with E-state index in [4.69, 9.17) is 9.94 Å². The summed E-state index contributed by atoms with van der Waals surface area (Å²) in [5.41, 5.74) is 3.30. The van der Waals surface area contributed by atoms with Crippen LogP contribution in [0, 0.1) is 12.7 Å².